The summed E-state index contributed by atoms with van der Waals surface area (Å²) in [7, 11) is 0. The van der Waals surface area contributed by atoms with Gasteiger partial charge in [0.05, 0.1) is 5.39 Å². The van der Waals surface area contributed by atoms with Crippen molar-refractivity contribution >= 4 is 45.6 Å². The number of phenols is 1. The second kappa shape index (κ2) is 9.31. The number of carbonyl (C=O) groups excluding carboxylic acids is 2. The Hall–Kier alpha value is -4.04. The van der Waals surface area contributed by atoms with Gasteiger partial charge < -0.3 is 24.3 Å². The maximum absolute atomic E-state index is 13.1. The number of benzene rings is 3. The first-order valence-electron chi connectivity index (χ1n) is 10.7. The summed E-state index contributed by atoms with van der Waals surface area (Å²) in [6.45, 7) is 5.10. The second-order valence-corrected chi connectivity index (χ2v) is 9.23. The van der Waals surface area contributed by atoms with E-state index in [1.807, 2.05) is 0 Å². The molecule has 2 N–H and O–H groups in total. The van der Waals surface area contributed by atoms with Crippen molar-refractivity contribution in [1.29, 1.82) is 0 Å². The summed E-state index contributed by atoms with van der Waals surface area (Å²) in [6, 6.07) is 14.2. The summed E-state index contributed by atoms with van der Waals surface area (Å²) in [4.78, 5) is 38.3. The number of aromatic hydroxyl groups is 1. The average molecular weight is 496 g/mol. The van der Waals surface area contributed by atoms with Crippen molar-refractivity contribution < 1.29 is 28.6 Å². The Bertz CT molecular complexity index is 1490. The first-order chi connectivity index (χ1) is 16.5. The molecule has 9 heteroatoms. The molecule has 1 atom stereocenters. The fourth-order valence-corrected chi connectivity index (χ4v) is 3.65. The molecule has 180 valence electrons. The fourth-order valence-electron chi connectivity index (χ4n) is 3.49. The highest BCUT2D eigenvalue weighted by Crippen LogP contribution is 2.32. The van der Waals surface area contributed by atoms with Crippen LogP contribution in [-0.4, -0.2) is 22.8 Å². The van der Waals surface area contributed by atoms with Gasteiger partial charge in [0.15, 0.2) is 6.04 Å². The molecule has 0 bridgehead atoms. The molecule has 0 saturated heterocycles. The van der Waals surface area contributed by atoms with Gasteiger partial charge in [0.25, 0.3) is 0 Å². The number of hydrogen-bond donors (Lipinski definition) is 2. The lowest BCUT2D eigenvalue weighted by Crippen LogP contribution is -2.39. The Morgan fingerprint density at radius 3 is 2.43 bits per heavy atom. The van der Waals surface area contributed by atoms with Crippen LogP contribution < -0.4 is 15.5 Å². The van der Waals surface area contributed by atoms with E-state index in [1.54, 1.807) is 57.2 Å². The van der Waals surface area contributed by atoms with Crippen LogP contribution in [0.15, 0.2) is 69.9 Å². The maximum Gasteiger partial charge on any atom is 0.408 e. The molecule has 3 aromatic carbocycles. The molecular weight excluding hydrogens is 474 g/mol. The molecule has 0 saturated carbocycles. The quantitative estimate of drug-likeness (QED) is 0.219. The molecule has 0 radical (unpaired) electrons. The lowest BCUT2D eigenvalue weighted by atomic mass is 10.1. The van der Waals surface area contributed by atoms with Gasteiger partial charge in [-0.05, 0) is 38.5 Å². The fraction of sp³-hybridized carbons (Fsp3) is 0.192. The maximum atomic E-state index is 13.1. The van der Waals surface area contributed by atoms with Crippen LogP contribution in [0.1, 0.15) is 32.4 Å². The van der Waals surface area contributed by atoms with Crippen LogP contribution in [0.2, 0.25) is 5.02 Å². The van der Waals surface area contributed by atoms with Gasteiger partial charge in [-0.3, -0.25) is 4.79 Å². The Labute approximate surface area is 205 Å². The number of hydrogen-bond acceptors (Lipinski definition) is 7. The third kappa shape index (κ3) is 5.38. The minimum absolute atomic E-state index is 0.00364. The lowest BCUT2D eigenvalue weighted by molar-refractivity contribution is -0.137. The predicted molar refractivity (Wildman–Crippen MR) is 131 cm³/mol. The number of ether oxygens (including phenoxy) is 2. The van der Waals surface area contributed by atoms with E-state index in [1.165, 1.54) is 18.2 Å². The van der Waals surface area contributed by atoms with Crippen molar-refractivity contribution in [3.63, 3.8) is 0 Å². The minimum Gasteiger partial charge on any atom is -0.507 e. The summed E-state index contributed by atoms with van der Waals surface area (Å²) >= 11 is 6.00. The Morgan fingerprint density at radius 1 is 1.03 bits per heavy atom. The number of alkyl carbamates (subject to hydrolysis) is 1. The van der Waals surface area contributed by atoms with E-state index in [0.29, 0.717) is 10.6 Å². The zero-order valence-electron chi connectivity index (χ0n) is 19.1. The van der Waals surface area contributed by atoms with Crippen molar-refractivity contribution in [2.75, 3.05) is 0 Å². The predicted octanol–water partition coefficient (Wildman–Crippen LogP) is 5.48. The molecule has 4 rings (SSSR count). The van der Waals surface area contributed by atoms with Crippen molar-refractivity contribution in [3.05, 3.63) is 81.5 Å². The van der Waals surface area contributed by atoms with Crippen molar-refractivity contribution in [2.24, 2.45) is 0 Å². The number of phenolic OH excluding ortho intramolecular Hbond substituents is 1. The highest BCUT2D eigenvalue weighted by Gasteiger charge is 2.28. The average Bonchev–Trinajstić information content (AvgIpc) is 2.76. The molecule has 0 aliphatic carbocycles. The topological polar surface area (TPSA) is 115 Å². The Balaban J connectivity index is 1.69. The molecule has 35 heavy (non-hydrogen) atoms. The summed E-state index contributed by atoms with van der Waals surface area (Å²) in [5.41, 5.74) is -0.555. The number of carbonyl (C=O) groups is 2. The number of rotatable bonds is 4. The SMILES string of the molecule is CC(C)(C)OC(=O)NC(C(=O)Oc1cc(O)c2c(=O)c3ccc(Cl)cc3oc2c1)c1ccccc1. The van der Waals surface area contributed by atoms with Crippen molar-refractivity contribution in [1.82, 2.24) is 5.32 Å². The monoisotopic (exact) mass is 495 g/mol. The van der Waals surface area contributed by atoms with Gasteiger partial charge in [0.2, 0.25) is 5.43 Å². The van der Waals surface area contributed by atoms with Crippen molar-refractivity contribution in [3.8, 4) is 11.5 Å². The largest absolute Gasteiger partial charge is 0.507 e. The van der Waals surface area contributed by atoms with Crippen LogP contribution in [0.4, 0.5) is 4.79 Å². The van der Waals surface area contributed by atoms with Crippen LogP contribution in [0.25, 0.3) is 21.9 Å². The van der Waals surface area contributed by atoms with Crippen LogP contribution in [0.5, 0.6) is 11.5 Å². The number of nitrogens with one attached hydrogen (secondary N) is 1. The number of fused-ring (bicyclic) bond motifs is 2. The second-order valence-electron chi connectivity index (χ2n) is 8.80. The smallest absolute Gasteiger partial charge is 0.408 e. The van der Waals surface area contributed by atoms with E-state index in [-0.39, 0.29) is 27.7 Å². The summed E-state index contributed by atoms with van der Waals surface area (Å²) in [6.07, 6.45) is -0.806. The summed E-state index contributed by atoms with van der Waals surface area (Å²) < 4.78 is 16.5. The van der Waals surface area contributed by atoms with Crippen LogP contribution >= 0.6 is 11.6 Å². The van der Waals surface area contributed by atoms with Gasteiger partial charge in [0, 0.05) is 23.2 Å². The van der Waals surface area contributed by atoms with E-state index < -0.39 is 34.9 Å². The van der Waals surface area contributed by atoms with Gasteiger partial charge in [-0.25, -0.2) is 9.59 Å². The van der Waals surface area contributed by atoms with Gasteiger partial charge >= 0.3 is 12.1 Å². The van der Waals surface area contributed by atoms with E-state index in [2.05, 4.69) is 5.32 Å². The number of halogens is 1. The molecular formula is C26H22ClNO7. The molecule has 0 aliphatic rings. The molecule has 4 aromatic rings. The van der Waals surface area contributed by atoms with Gasteiger partial charge in [-0.15, -0.1) is 0 Å². The zero-order chi connectivity index (χ0) is 25.3. The first kappa shape index (κ1) is 24.1. The number of amides is 1. The molecule has 1 heterocycles. The first-order valence-corrected chi connectivity index (χ1v) is 11.0. The molecule has 1 unspecified atom stereocenters. The molecule has 0 spiro atoms. The molecule has 1 amide bonds. The third-order valence-corrected chi connectivity index (χ3v) is 5.17. The molecule has 0 fully saturated rings. The van der Waals surface area contributed by atoms with Gasteiger partial charge in [-0.1, -0.05) is 41.9 Å². The van der Waals surface area contributed by atoms with E-state index >= 15 is 0 Å². The minimum atomic E-state index is -1.20. The van der Waals surface area contributed by atoms with Crippen molar-refractivity contribution in [2.45, 2.75) is 32.4 Å². The normalized spacial score (nSPS) is 12.3. The Kier molecular flexibility index (Phi) is 6.41. The third-order valence-electron chi connectivity index (χ3n) is 4.94. The molecule has 8 nitrogen and oxygen atoms in total. The van der Waals surface area contributed by atoms with Crippen LogP contribution in [0.3, 0.4) is 0 Å². The highest BCUT2D eigenvalue weighted by atomic mass is 35.5. The van der Waals surface area contributed by atoms with E-state index in [0.717, 1.165) is 6.07 Å². The van der Waals surface area contributed by atoms with E-state index in [9.17, 15) is 19.5 Å². The lowest BCUT2D eigenvalue weighted by Gasteiger charge is -2.23. The highest BCUT2D eigenvalue weighted by molar-refractivity contribution is 6.31. The summed E-state index contributed by atoms with van der Waals surface area (Å²) in [5.74, 6) is -1.35. The van der Waals surface area contributed by atoms with E-state index in [4.69, 9.17) is 25.5 Å². The van der Waals surface area contributed by atoms with Gasteiger partial charge in [-0.2, -0.15) is 0 Å². The summed E-state index contributed by atoms with van der Waals surface area (Å²) in [5, 5.41) is 13.6. The van der Waals surface area contributed by atoms with Gasteiger partial charge in [0.1, 0.15) is 33.7 Å². The standard InChI is InChI=1S/C26H22ClNO7/c1-26(2,3)35-25(32)28-22(14-7-5-4-6-8-14)24(31)33-16-12-18(29)21-20(13-16)34-19-11-15(27)9-10-17(19)23(21)30/h4-13,22,29H,1-3H3,(H,28,32). The van der Waals surface area contributed by atoms with Crippen LogP contribution in [0, 0.1) is 0 Å². The number of esters is 1. The Morgan fingerprint density at radius 2 is 1.74 bits per heavy atom. The molecule has 0 aliphatic heterocycles. The molecule has 1 aromatic heterocycles. The zero-order valence-corrected chi connectivity index (χ0v) is 19.9. The van der Waals surface area contributed by atoms with Crippen LogP contribution in [-0.2, 0) is 9.53 Å².